The van der Waals surface area contributed by atoms with Gasteiger partial charge in [0.25, 0.3) is 11.8 Å². The third kappa shape index (κ3) is 5.82. The van der Waals surface area contributed by atoms with Gasteiger partial charge >= 0.3 is 6.16 Å². The van der Waals surface area contributed by atoms with Crippen LogP contribution < -0.4 is 15.4 Å². The van der Waals surface area contributed by atoms with E-state index in [9.17, 15) is 14.4 Å². The number of ether oxygens (including phenoxy) is 2. The van der Waals surface area contributed by atoms with Crippen molar-refractivity contribution in [1.29, 1.82) is 0 Å². The Labute approximate surface area is 207 Å². The Hall–Kier alpha value is -4.79. The van der Waals surface area contributed by atoms with Crippen molar-refractivity contribution in [2.75, 3.05) is 17.2 Å². The summed E-state index contributed by atoms with van der Waals surface area (Å²) in [5.74, 6) is -0.343. The number of nitrogens with one attached hydrogen (secondary N) is 2. The van der Waals surface area contributed by atoms with Crippen LogP contribution in [0.15, 0.2) is 66.7 Å². The first-order valence-corrected chi connectivity index (χ1v) is 11.2. The topological polar surface area (TPSA) is 120 Å². The molecule has 2 amide bonds. The molecule has 0 unspecified atom stereocenters. The van der Waals surface area contributed by atoms with Crippen LogP contribution in [0.1, 0.15) is 39.0 Å². The fourth-order valence-corrected chi connectivity index (χ4v) is 3.33. The lowest BCUT2D eigenvalue weighted by Crippen LogP contribution is -2.13. The van der Waals surface area contributed by atoms with E-state index < -0.39 is 6.16 Å². The molecule has 36 heavy (non-hydrogen) atoms. The fourth-order valence-electron chi connectivity index (χ4n) is 3.33. The summed E-state index contributed by atoms with van der Waals surface area (Å²) in [5.41, 5.74) is 5.04. The van der Waals surface area contributed by atoms with Crippen LogP contribution in [0.2, 0.25) is 0 Å². The molecule has 0 atom stereocenters. The molecule has 1 aromatic heterocycles. The Morgan fingerprint density at radius 2 is 1.25 bits per heavy atom. The number of carbonyl (C=O) groups is 3. The molecule has 2 N–H and O–H groups in total. The number of carbonyl (C=O) groups excluding carboxylic acids is 3. The zero-order valence-electron chi connectivity index (χ0n) is 20.0. The van der Waals surface area contributed by atoms with Crippen molar-refractivity contribution in [3.8, 4) is 5.75 Å². The van der Waals surface area contributed by atoms with Gasteiger partial charge in [0.2, 0.25) is 0 Å². The fraction of sp³-hybridized carbons (Fsp3) is 0.148. The summed E-state index contributed by atoms with van der Waals surface area (Å²) in [7, 11) is 0. The minimum absolute atomic E-state index is 0.208. The summed E-state index contributed by atoms with van der Waals surface area (Å²) in [6.07, 6.45) is -0.804. The molecule has 9 heteroatoms. The van der Waals surface area contributed by atoms with Gasteiger partial charge in [-0.15, -0.1) is 0 Å². The van der Waals surface area contributed by atoms with Crippen LogP contribution in [-0.4, -0.2) is 34.5 Å². The van der Waals surface area contributed by atoms with Crippen molar-refractivity contribution in [3.63, 3.8) is 0 Å². The van der Waals surface area contributed by atoms with Gasteiger partial charge in [-0.2, -0.15) is 0 Å². The molecular formula is C27H24N4O5. The maximum atomic E-state index is 12.7. The summed E-state index contributed by atoms with van der Waals surface area (Å²) < 4.78 is 9.70. The van der Waals surface area contributed by atoms with Gasteiger partial charge in [0.15, 0.2) is 0 Å². The van der Waals surface area contributed by atoms with E-state index in [0.29, 0.717) is 28.0 Å². The number of fused-ring (bicyclic) bond motifs is 1. The van der Waals surface area contributed by atoms with Gasteiger partial charge in [-0.25, -0.2) is 14.8 Å². The maximum Gasteiger partial charge on any atom is 0.513 e. The molecule has 0 aliphatic carbocycles. The second kappa shape index (κ2) is 10.6. The molecule has 3 aromatic carbocycles. The molecule has 0 radical (unpaired) electrons. The standard InChI is InChI=1S/C27H24N4O5/c1-4-35-27(34)36-22-12-5-18(6-13-22)25(32)30-20-8-10-21(11-9-20)31-26(33)19-7-14-23-24(15-19)29-17(3)16(2)28-23/h5-15H,4H2,1-3H3,(H,30,32)(H,31,33). The number of anilines is 2. The minimum atomic E-state index is -0.804. The Morgan fingerprint density at radius 3 is 1.83 bits per heavy atom. The van der Waals surface area contributed by atoms with Crippen molar-refractivity contribution < 1.29 is 23.9 Å². The highest BCUT2D eigenvalue weighted by atomic mass is 16.7. The number of aromatic nitrogens is 2. The Morgan fingerprint density at radius 1 is 0.722 bits per heavy atom. The number of rotatable bonds is 6. The summed E-state index contributed by atoms with van der Waals surface area (Å²) in [4.78, 5) is 45.6. The molecular weight excluding hydrogens is 460 g/mol. The van der Waals surface area contributed by atoms with Crippen LogP contribution in [0.25, 0.3) is 11.0 Å². The molecule has 4 aromatic rings. The lowest BCUT2D eigenvalue weighted by Gasteiger charge is -2.09. The zero-order chi connectivity index (χ0) is 25.7. The maximum absolute atomic E-state index is 12.7. The van der Waals surface area contributed by atoms with Crippen molar-refractivity contribution in [2.24, 2.45) is 0 Å². The lowest BCUT2D eigenvalue weighted by atomic mass is 10.1. The number of amides is 2. The number of hydrogen-bond donors (Lipinski definition) is 2. The smallest absolute Gasteiger partial charge is 0.434 e. The third-order valence-electron chi connectivity index (χ3n) is 5.32. The molecule has 9 nitrogen and oxygen atoms in total. The number of benzene rings is 3. The molecule has 0 bridgehead atoms. The molecule has 0 fully saturated rings. The second-order valence-corrected chi connectivity index (χ2v) is 7.89. The van der Waals surface area contributed by atoms with Crippen LogP contribution >= 0.6 is 0 Å². The van der Waals surface area contributed by atoms with Gasteiger partial charge in [-0.1, -0.05) is 0 Å². The van der Waals surface area contributed by atoms with E-state index in [1.807, 2.05) is 13.8 Å². The molecule has 0 aliphatic heterocycles. The molecule has 182 valence electrons. The third-order valence-corrected chi connectivity index (χ3v) is 5.32. The molecule has 0 aliphatic rings. The first-order chi connectivity index (χ1) is 17.3. The molecule has 0 saturated heterocycles. The predicted octanol–water partition coefficient (Wildman–Crippen LogP) is 5.29. The van der Waals surface area contributed by atoms with E-state index in [1.54, 1.807) is 49.4 Å². The molecule has 1 heterocycles. The number of nitrogens with zero attached hydrogens (tertiary/aromatic N) is 2. The zero-order valence-corrected chi connectivity index (χ0v) is 20.0. The van der Waals surface area contributed by atoms with Crippen LogP contribution in [0.3, 0.4) is 0 Å². The SMILES string of the molecule is CCOC(=O)Oc1ccc(C(=O)Nc2ccc(NC(=O)c3ccc4nc(C)c(C)nc4c3)cc2)cc1. The van der Waals surface area contributed by atoms with Crippen LogP contribution in [0.4, 0.5) is 16.2 Å². The van der Waals surface area contributed by atoms with E-state index >= 15 is 0 Å². The van der Waals surface area contributed by atoms with Gasteiger partial charge in [0.1, 0.15) is 5.75 Å². The Balaban J connectivity index is 1.36. The van der Waals surface area contributed by atoms with Gasteiger partial charge in [-0.05, 0) is 87.5 Å². The van der Waals surface area contributed by atoms with Crippen molar-refractivity contribution in [2.45, 2.75) is 20.8 Å². The lowest BCUT2D eigenvalue weighted by molar-refractivity contribution is 0.101. The van der Waals surface area contributed by atoms with Crippen LogP contribution in [-0.2, 0) is 4.74 Å². The van der Waals surface area contributed by atoms with E-state index in [1.165, 1.54) is 24.3 Å². The van der Waals surface area contributed by atoms with Gasteiger partial charge in [0.05, 0.1) is 29.0 Å². The summed E-state index contributed by atoms with van der Waals surface area (Å²) in [6.45, 7) is 5.66. The van der Waals surface area contributed by atoms with Crippen LogP contribution in [0, 0.1) is 13.8 Å². The van der Waals surface area contributed by atoms with Crippen molar-refractivity contribution >= 4 is 40.4 Å². The summed E-state index contributed by atoms with van der Waals surface area (Å²) in [5, 5.41) is 5.62. The average Bonchev–Trinajstić information content (AvgIpc) is 2.86. The second-order valence-electron chi connectivity index (χ2n) is 7.89. The van der Waals surface area contributed by atoms with Gasteiger partial charge in [-0.3, -0.25) is 9.59 Å². The number of aryl methyl sites for hydroxylation is 2. The quantitative estimate of drug-likeness (QED) is 0.282. The largest absolute Gasteiger partial charge is 0.513 e. The molecule has 4 rings (SSSR count). The van der Waals surface area contributed by atoms with Gasteiger partial charge < -0.3 is 20.1 Å². The monoisotopic (exact) mass is 484 g/mol. The highest BCUT2D eigenvalue weighted by molar-refractivity contribution is 6.06. The van der Waals surface area contributed by atoms with E-state index in [2.05, 4.69) is 20.6 Å². The minimum Gasteiger partial charge on any atom is -0.434 e. The van der Waals surface area contributed by atoms with Crippen LogP contribution in [0.5, 0.6) is 5.75 Å². The normalized spacial score (nSPS) is 10.5. The van der Waals surface area contributed by atoms with E-state index in [4.69, 9.17) is 9.47 Å². The van der Waals surface area contributed by atoms with E-state index in [0.717, 1.165) is 16.9 Å². The predicted molar refractivity (Wildman–Crippen MR) is 135 cm³/mol. The Bertz CT molecular complexity index is 1430. The molecule has 0 spiro atoms. The number of hydrogen-bond acceptors (Lipinski definition) is 7. The molecule has 0 saturated carbocycles. The highest BCUT2D eigenvalue weighted by Crippen LogP contribution is 2.19. The average molecular weight is 485 g/mol. The van der Waals surface area contributed by atoms with E-state index in [-0.39, 0.29) is 24.2 Å². The summed E-state index contributed by atoms with van der Waals surface area (Å²) in [6, 6.07) is 18.0. The highest BCUT2D eigenvalue weighted by Gasteiger charge is 2.11. The van der Waals surface area contributed by atoms with Crippen molar-refractivity contribution in [3.05, 3.63) is 89.2 Å². The first kappa shape index (κ1) is 24.3. The Kier molecular flexibility index (Phi) is 7.20. The van der Waals surface area contributed by atoms with Crippen molar-refractivity contribution in [1.82, 2.24) is 9.97 Å². The first-order valence-electron chi connectivity index (χ1n) is 11.2. The summed E-state index contributed by atoms with van der Waals surface area (Å²) >= 11 is 0. The van der Waals surface area contributed by atoms with Gasteiger partial charge in [0, 0.05) is 22.5 Å².